The zero-order valence-corrected chi connectivity index (χ0v) is 14.9. The molecule has 0 saturated carbocycles. The molecule has 3 rings (SSSR count). The third-order valence-corrected chi connectivity index (χ3v) is 3.77. The number of anilines is 2. The van der Waals surface area contributed by atoms with E-state index in [1.165, 1.54) is 0 Å². The Morgan fingerprint density at radius 3 is 1.59 bits per heavy atom. The summed E-state index contributed by atoms with van der Waals surface area (Å²) >= 11 is 0. The van der Waals surface area contributed by atoms with Gasteiger partial charge in [0.05, 0.1) is 5.56 Å². The molecule has 2 amide bonds. The number of para-hydroxylation sites is 1. The van der Waals surface area contributed by atoms with Crippen LogP contribution < -0.4 is 15.4 Å². The van der Waals surface area contributed by atoms with Gasteiger partial charge in [0, 0.05) is 11.4 Å². The van der Waals surface area contributed by atoms with Crippen LogP contribution >= 0.6 is 0 Å². The van der Waals surface area contributed by atoms with Crippen molar-refractivity contribution in [2.45, 2.75) is 6.18 Å². The molecule has 2 N–H and O–H groups in total. The zero-order chi connectivity index (χ0) is 20.9. The Bertz CT molecular complexity index is 986. The molecule has 5 nitrogen and oxygen atoms in total. The fourth-order valence-corrected chi connectivity index (χ4v) is 2.35. The van der Waals surface area contributed by atoms with Gasteiger partial charge in [0.1, 0.15) is 11.5 Å². The summed E-state index contributed by atoms with van der Waals surface area (Å²) in [7, 11) is 0. The maximum absolute atomic E-state index is 12.5. The molecule has 3 aromatic rings. The molecule has 0 spiro atoms. The van der Waals surface area contributed by atoms with Crippen molar-refractivity contribution in [3.63, 3.8) is 0 Å². The van der Waals surface area contributed by atoms with Gasteiger partial charge >= 0.3 is 18.0 Å². The Morgan fingerprint density at radius 2 is 1.10 bits per heavy atom. The summed E-state index contributed by atoms with van der Waals surface area (Å²) in [6.07, 6.45) is -4.48. The molecule has 148 valence electrons. The summed E-state index contributed by atoms with van der Waals surface area (Å²) in [4.78, 5) is 23.9. The monoisotopic (exact) mass is 400 g/mol. The average Bonchev–Trinajstić information content (AvgIpc) is 2.70. The number of benzene rings is 3. The number of ether oxygens (including phenoxy) is 1. The predicted octanol–water partition coefficient (Wildman–Crippen LogP) is 5.07. The Kier molecular flexibility index (Phi) is 5.82. The molecule has 8 heteroatoms. The molecule has 0 fully saturated rings. The first-order chi connectivity index (χ1) is 13.8. The number of hydrogen-bond acceptors (Lipinski definition) is 3. The van der Waals surface area contributed by atoms with Crippen LogP contribution in [0.4, 0.5) is 24.5 Å². The third kappa shape index (κ3) is 5.58. The lowest BCUT2D eigenvalue weighted by Gasteiger charge is -2.10. The van der Waals surface area contributed by atoms with Gasteiger partial charge in [0.2, 0.25) is 0 Å². The van der Waals surface area contributed by atoms with Crippen LogP contribution in [-0.4, -0.2) is 11.8 Å². The van der Waals surface area contributed by atoms with Gasteiger partial charge < -0.3 is 15.4 Å². The van der Waals surface area contributed by atoms with Gasteiger partial charge in [-0.15, -0.1) is 0 Å². The summed E-state index contributed by atoms with van der Waals surface area (Å²) in [6, 6.07) is 19.3. The number of hydrogen-bond donors (Lipinski definition) is 2. The maximum Gasteiger partial charge on any atom is 0.416 e. The minimum Gasteiger partial charge on any atom is -0.457 e. The predicted molar refractivity (Wildman–Crippen MR) is 102 cm³/mol. The number of nitrogens with one attached hydrogen (secondary N) is 2. The van der Waals surface area contributed by atoms with E-state index in [1.54, 1.807) is 36.4 Å². The van der Waals surface area contributed by atoms with E-state index in [9.17, 15) is 22.8 Å². The van der Waals surface area contributed by atoms with Crippen molar-refractivity contribution in [1.29, 1.82) is 0 Å². The highest BCUT2D eigenvalue weighted by Gasteiger charge is 2.30. The first-order valence-electron chi connectivity index (χ1n) is 8.44. The number of alkyl halides is 3. The topological polar surface area (TPSA) is 67.4 Å². The number of halogens is 3. The molecule has 3 aromatic carbocycles. The van der Waals surface area contributed by atoms with Gasteiger partial charge in [-0.2, -0.15) is 13.2 Å². The lowest BCUT2D eigenvalue weighted by molar-refractivity contribution is -0.137. The van der Waals surface area contributed by atoms with Crippen molar-refractivity contribution in [3.05, 3.63) is 84.4 Å². The van der Waals surface area contributed by atoms with Gasteiger partial charge in [-0.05, 0) is 60.7 Å². The fourth-order valence-electron chi connectivity index (χ4n) is 2.35. The Morgan fingerprint density at radius 1 is 0.655 bits per heavy atom. The van der Waals surface area contributed by atoms with E-state index < -0.39 is 23.6 Å². The van der Waals surface area contributed by atoms with Gasteiger partial charge in [-0.3, -0.25) is 9.59 Å². The highest BCUT2D eigenvalue weighted by atomic mass is 19.4. The summed E-state index contributed by atoms with van der Waals surface area (Å²) in [6.45, 7) is 0. The molecular formula is C21H15F3N2O3. The van der Waals surface area contributed by atoms with Crippen molar-refractivity contribution in [3.8, 4) is 11.5 Å². The molecule has 0 aliphatic rings. The molecule has 0 aliphatic carbocycles. The third-order valence-electron chi connectivity index (χ3n) is 3.77. The summed E-state index contributed by atoms with van der Waals surface area (Å²) < 4.78 is 43.3. The van der Waals surface area contributed by atoms with E-state index in [4.69, 9.17) is 4.74 Å². The SMILES string of the molecule is O=C(Nc1ccc(Oc2ccccc2)cc1)C(=O)Nc1ccc(C(F)(F)F)cc1. The van der Waals surface area contributed by atoms with Gasteiger partial charge in [0.25, 0.3) is 0 Å². The molecule has 0 heterocycles. The summed E-state index contributed by atoms with van der Waals surface area (Å²) in [5, 5.41) is 4.64. The molecule has 29 heavy (non-hydrogen) atoms. The van der Waals surface area contributed by atoms with Crippen molar-refractivity contribution >= 4 is 23.2 Å². The quantitative estimate of drug-likeness (QED) is 0.601. The van der Waals surface area contributed by atoms with Crippen LogP contribution in [0.25, 0.3) is 0 Å². The summed E-state index contributed by atoms with van der Waals surface area (Å²) in [5.74, 6) is -0.764. The van der Waals surface area contributed by atoms with E-state index >= 15 is 0 Å². The van der Waals surface area contributed by atoms with Crippen molar-refractivity contribution in [2.75, 3.05) is 10.6 Å². The van der Waals surface area contributed by atoms with Gasteiger partial charge in [-0.1, -0.05) is 18.2 Å². The van der Waals surface area contributed by atoms with Crippen LogP contribution in [0, 0.1) is 0 Å². The van der Waals surface area contributed by atoms with E-state index in [0.29, 0.717) is 17.2 Å². The van der Waals surface area contributed by atoms with Crippen LogP contribution in [0.5, 0.6) is 11.5 Å². The fraction of sp³-hybridized carbons (Fsp3) is 0.0476. The average molecular weight is 400 g/mol. The molecule has 0 unspecified atom stereocenters. The van der Waals surface area contributed by atoms with Crippen LogP contribution in [0.2, 0.25) is 0 Å². The molecule has 0 saturated heterocycles. The minimum atomic E-state index is -4.48. The highest BCUT2D eigenvalue weighted by Crippen LogP contribution is 2.29. The molecular weight excluding hydrogens is 385 g/mol. The highest BCUT2D eigenvalue weighted by molar-refractivity contribution is 6.43. The number of amides is 2. The Labute approximate surface area is 164 Å². The lowest BCUT2D eigenvalue weighted by Crippen LogP contribution is -2.29. The van der Waals surface area contributed by atoms with Crippen molar-refractivity contribution < 1.29 is 27.5 Å². The van der Waals surface area contributed by atoms with E-state index in [-0.39, 0.29) is 5.69 Å². The van der Waals surface area contributed by atoms with Crippen molar-refractivity contribution in [2.24, 2.45) is 0 Å². The first-order valence-corrected chi connectivity index (χ1v) is 8.44. The van der Waals surface area contributed by atoms with Crippen LogP contribution in [0.1, 0.15) is 5.56 Å². The molecule has 0 bridgehead atoms. The van der Waals surface area contributed by atoms with Crippen LogP contribution in [0.3, 0.4) is 0 Å². The second kappa shape index (κ2) is 8.47. The van der Waals surface area contributed by atoms with Gasteiger partial charge in [0.15, 0.2) is 0 Å². The molecule has 0 aromatic heterocycles. The second-order valence-corrected chi connectivity index (χ2v) is 5.92. The number of carbonyl (C=O) groups excluding carboxylic acids is 2. The van der Waals surface area contributed by atoms with E-state index in [1.807, 2.05) is 18.2 Å². The second-order valence-electron chi connectivity index (χ2n) is 5.92. The Balaban J connectivity index is 1.56. The lowest BCUT2D eigenvalue weighted by atomic mass is 10.2. The first kappa shape index (κ1) is 19.9. The summed E-state index contributed by atoms with van der Waals surface area (Å²) in [5.41, 5.74) is -0.416. The van der Waals surface area contributed by atoms with Crippen molar-refractivity contribution in [1.82, 2.24) is 0 Å². The minimum absolute atomic E-state index is 0.0739. The molecule has 0 radical (unpaired) electrons. The largest absolute Gasteiger partial charge is 0.457 e. The molecule has 0 atom stereocenters. The van der Waals surface area contributed by atoms with E-state index in [2.05, 4.69) is 10.6 Å². The number of carbonyl (C=O) groups is 2. The van der Waals surface area contributed by atoms with Crippen LogP contribution in [-0.2, 0) is 15.8 Å². The smallest absolute Gasteiger partial charge is 0.416 e. The standard InChI is InChI=1S/C21H15F3N2O3/c22-21(23,24)14-6-8-15(9-7-14)25-19(27)20(28)26-16-10-12-18(13-11-16)29-17-4-2-1-3-5-17/h1-13H,(H,25,27)(H,26,28). The normalized spacial score (nSPS) is 10.9. The zero-order valence-electron chi connectivity index (χ0n) is 14.9. The van der Waals surface area contributed by atoms with Crippen LogP contribution in [0.15, 0.2) is 78.9 Å². The number of rotatable bonds is 4. The van der Waals surface area contributed by atoms with Gasteiger partial charge in [-0.25, -0.2) is 0 Å². The molecule has 0 aliphatic heterocycles. The maximum atomic E-state index is 12.5. The van der Waals surface area contributed by atoms with E-state index in [0.717, 1.165) is 24.3 Å². The Hall–Kier alpha value is -3.81.